The number of methoxy groups -OCH3 is 1. The molecule has 0 aliphatic carbocycles. The van der Waals surface area contributed by atoms with E-state index in [9.17, 15) is 0 Å². The van der Waals surface area contributed by atoms with Crippen LogP contribution in [0.1, 0.15) is 24.4 Å². The molecule has 0 aliphatic rings. The molecule has 0 amide bonds. The zero-order valence-corrected chi connectivity index (χ0v) is 11.8. The SMILES string of the molecule is CCNC(Cc1nccn1C)c1ccc(OC)cc1. The predicted octanol–water partition coefficient (Wildman–Crippen LogP) is 2.32. The maximum atomic E-state index is 5.20. The lowest BCUT2D eigenvalue weighted by Gasteiger charge is -2.18. The molecular weight excluding hydrogens is 238 g/mol. The molecule has 1 aromatic heterocycles. The molecule has 0 radical (unpaired) electrons. The van der Waals surface area contributed by atoms with Gasteiger partial charge < -0.3 is 14.6 Å². The lowest BCUT2D eigenvalue weighted by atomic mass is 10.0. The van der Waals surface area contributed by atoms with Crippen LogP contribution in [0.4, 0.5) is 0 Å². The molecule has 0 bridgehead atoms. The van der Waals surface area contributed by atoms with Crippen LogP contribution in [0, 0.1) is 0 Å². The Kier molecular flexibility index (Phi) is 4.58. The molecule has 1 heterocycles. The summed E-state index contributed by atoms with van der Waals surface area (Å²) in [6.45, 7) is 3.05. The van der Waals surface area contributed by atoms with Crippen molar-refractivity contribution in [3.63, 3.8) is 0 Å². The first-order valence-electron chi connectivity index (χ1n) is 6.58. The maximum absolute atomic E-state index is 5.20. The van der Waals surface area contributed by atoms with Gasteiger partial charge in [-0.05, 0) is 24.2 Å². The second-order valence-electron chi connectivity index (χ2n) is 4.54. The number of hydrogen-bond donors (Lipinski definition) is 1. The van der Waals surface area contributed by atoms with Crippen LogP contribution in [0.25, 0.3) is 0 Å². The van der Waals surface area contributed by atoms with Crippen LogP contribution in [-0.4, -0.2) is 23.2 Å². The lowest BCUT2D eigenvalue weighted by Crippen LogP contribution is -2.24. The Labute approximate surface area is 114 Å². The predicted molar refractivity (Wildman–Crippen MR) is 76.3 cm³/mol. The fourth-order valence-electron chi connectivity index (χ4n) is 2.17. The fourth-order valence-corrected chi connectivity index (χ4v) is 2.17. The molecule has 102 valence electrons. The number of rotatable bonds is 6. The summed E-state index contributed by atoms with van der Waals surface area (Å²) in [4.78, 5) is 4.40. The Balaban J connectivity index is 2.16. The summed E-state index contributed by atoms with van der Waals surface area (Å²) in [5.74, 6) is 1.97. The van der Waals surface area contributed by atoms with Gasteiger partial charge in [-0.1, -0.05) is 19.1 Å². The highest BCUT2D eigenvalue weighted by Crippen LogP contribution is 2.20. The molecule has 0 spiro atoms. The number of ether oxygens (including phenoxy) is 1. The highest BCUT2D eigenvalue weighted by molar-refractivity contribution is 5.29. The third-order valence-electron chi connectivity index (χ3n) is 3.28. The van der Waals surface area contributed by atoms with Gasteiger partial charge in [-0.15, -0.1) is 0 Å². The summed E-state index contributed by atoms with van der Waals surface area (Å²) in [7, 11) is 3.71. The first-order valence-corrected chi connectivity index (χ1v) is 6.58. The molecule has 1 N–H and O–H groups in total. The monoisotopic (exact) mass is 259 g/mol. The summed E-state index contributed by atoms with van der Waals surface area (Å²) in [5.41, 5.74) is 1.26. The molecule has 0 aliphatic heterocycles. The van der Waals surface area contributed by atoms with Gasteiger partial charge in [0.15, 0.2) is 0 Å². The average molecular weight is 259 g/mol. The molecule has 19 heavy (non-hydrogen) atoms. The van der Waals surface area contributed by atoms with E-state index in [2.05, 4.69) is 33.9 Å². The van der Waals surface area contributed by atoms with Gasteiger partial charge in [-0.2, -0.15) is 0 Å². The molecule has 2 aromatic rings. The quantitative estimate of drug-likeness (QED) is 0.865. The van der Waals surface area contributed by atoms with Gasteiger partial charge in [-0.25, -0.2) is 4.98 Å². The molecule has 0 fully saturated rings. The highest BCUT2D eigenvalue weighted by Gasteiger charge is 2.13. The van der Waals surface area contributed by atoms with Crippen molar-refractivity contribution in [2.75, 3.05) is 13.7 Å². The third kappa shape index (κ3) is 3.35. The fraction of sp³-hybridized carbons (Fsp3) is 0.400. The summed E-state index contributed by atoms with van der Waals surface area (Å²) in [5, 5.41) is 3.51. The first kappa shape index (κ1) is 13.6. The number of likely N-dealkylation sites (N-methyl/N-ethyl adjacent to an activating group) is 1. The molecule has 0 saturated heterocycles. The van der Waals surface area contributed by atoms with Crippen LogP contribution in [0.5, 0.6) is 5.75 Å². The summed E-state index contributed by atoms with van der Waals surface area (Å²) in [6, 6.07) is 8.48. The zero-order valence-electron chi connectivity index (χ0n) is 11.8. The van der Waals surface area contributed by atoms with E-state index in [-0.39, 0.29) is 6.04 Å². The minimum absolute atomic E-state index is 0.275. The van der Waals surface area contributed by atoms with E-state index < -0.39 is 0 Å². The molecule has 4 heteroatoms. The Morgan fingerprint density at radius 3 is 2.58 bits per heavy atom. The van der Waals surface area contributed by atoms with Crippen LogP contribution in [0.2, 0.25) is 0 Å². The van der Waals surface area contributed by atoms with Crippen molar-refractivity contribution in [1.29, 1.82) is 0 Å². The number of hydrogen-bond acceptors (Lipinski definition) is 3. The summed E-state index contributed by atoms with van der Waals surface area (Å²) >= 11 is 0. The molecular formula is C15H21N3O. The van der Waals surface area contributed by atoms with Crippen molar-refractivity contribution in [2.24, 2.45) is 7.05 Å². The maximum Gasteiger partial charge on any atom is 0.118 e. The van der Waals surface area contributed by atoms with Gasteiger partial charge in [0.05, 0.1) is 7.11 Å². The van der Waals surface area contributed by atoms with Gasteiger partial charge in [0, 0.05) is 31.9 Å². The molecule has 4 nitrogen and oxygen atoms in total. The van der Waals surface area contributed by atoms with Crippen LogP contribution >= 0.6 is 0 Å². The molecule has 1 atom stereocenters. The van der Waals surface area contributed by atoms with E-state index in [1.165, 1.54) is 5.56 Å². The van der Waals surface area contributed by atoms with Crippen molar-refractivity contribution >= 4 is 0 Å². The summed E-state index contributed by atoms with van der Waals surface area (Å²) < 4.78 is 7.26. The second kappa shape index (κ2) is 6.38. The molecule has 1 aromatic carbocycles. The van der Waals surface area contributed by atoms with E-state index in [1.807, 2.05) is 31.6 Å². The normalized spacial score (nSPS) is 12.4. The van der Waals surface area contributed by atoms with Crippen molar-refractivity contribution in [3.05, 3.63) is 48.0 Å². The van der Waals surface area contributed by atoms with Gasteiger partial charge in [-0.3, -0.25) is 0 Å². The van der Waals surface area contributed by atoms with E-state index in [0.717, 1.165) is 24.5 Å². The van der Waals surface area contributed by atoms with Crippen LogP contribution in [0.3, 0.4) is 0 Å². The Morgan fingerprint density at radius 2 is 2.05 bits per heavy atom. The molecule has 1 unspecified atom stereocenters. The highest BCUT2D eigenvalue weighted by atomic mass is 16.5. The molecule has 0 saturated carbocycles. The number of nitrogens with zero attached hydrogens (tertiary/aromatic N) is 2. The van der Waals surface area contributed by atoms with Crippen LogP contribution in [-0.2, 0) is 13.5 Å². The smallest absolute Gasteiger partial charge is 0.118 e. The minimum atomic E-state index is 0.275. The number of nitrogens with one attached hydrogen (secondary N) is 1. The van der Waals surface area contributed by atoms with E-state index in [4.69, 9.17) is 4.74 Å². The number of aryl methyl sites for hydroxylation is 1. The largest absolute Gasteiger partial charge is 0.497 e. The lowest BCUT2D eigenvalue weighted by molar-refractivity contribution is 0.414. The van der Waals surface area contributed by atoms with Crippen molar-refractivity contribution in [1.82, 2.24) is 14.9 Å². The standard InChI is InChI=1S/C15H21N3O/c1-4-16-14(11-15-17-9-10-18(15)2)12-5-7-13(19-3)8-6-12/h5-10,14,16H,4,11H2,1-3H3. The van der Waals surface area contributed by atoms with Gasteiger partial charge >= 0.3 is 0 Å². The molecule has 2 rings (SSSR count). The van der Waals surface area contributed by atoms with Crippen molar-refractivity contribution in [3.8, 4) is 5.75 Å². The Bertz CT molecular complexity index is 504. The van der Waals surface area contributed by atoms with Crippen molar-refractivity contribution in [2.45, 2.75) is 19.4 Å². The number of imidazole rings is 1. The van der Waals surface area contributed by atoms with Gasteiger partial charge in [0.2, 0.25) is 0 Å². The van der Waals surface area contributed by atoms with Crippen molar-refractivity contribution < 1.29 is 4.74 Å². The minimum Gasteiger partial charge on any atom is -0.497 e. The van der Waals surface area contributed by atoms with Gasteiger partial charge in [0.25, 0.3) is 0 Å². The second-order valence-corrected chi connectivity index (χ2v) is 4.54. The van der Waals surface area contributed by atoms with E-state index >= 15 is 0 Å². The van der Waals surface area contributed by atoms with Crippen LogP contribution < -0.4 is 10.1 Å². The Morgan fingerprint density at radius 1 is 1.32 bits per heavy atom. The topological polar surface area (TPSA) is 39.1 Å². The summed E-state index contributed by atoms with van der Waals surface area (Å²) in [6.07, 6.45) is 4.70. The number of benzene rings is 1. The van der Waals surface area contributed by atoms with E-state index in [1.54, 1.807) is 7.11 Å². The van der Waals surface area contributed by atoms with Gasteiger partial charge in [0.1, 0.15) is 11.6 Å². The first-order chi connectivity index (χ1) is 9.24. The number of aromatic nitrogens is 2. The van der Waals surface area contributed by atoms with E-state index in [0.29, 0.717) is 0 Å². The average Bonchev–Trinajstić information content (AvgIpc) is 2.84. The third-order valence-corrected chi connectivity index (χ3v) is 3.28. The zero-order chi connectivity index (χ0) is 13.7. The van der Waals surface area contributed by atoms with Crippen LogP contribution in [0.15, 0.2) is 36.7 Å². The Hall–Kier alpha value is -1.81.